The summed E-state index contributed by atoms with van der Waals surface area (Å²) in [4.78, 5) is 0. The minimum Gasteiger partial charge on any atom is -0.383 e. The normalized spacial score (nSPS) is 11.5. The molecule has 0 aliphatic carbocycles. The largest absolute Gasteiger partial charge is 0.418 e. The van der Waals surface area contributed by atoms with E-state index in [1.807, 2.05) is 30.3 Å². The van der Waals surface area contributed by atoms with Crippen LogP contribution in [0, 0.1) is 5.82 Å². The molecule has 8 heteroatoms. The fourth-order valence-electron chi connectivity index (χ4n) is 3.56. The van der Waals surface area contributed by atoms with E-state index in [9.17, 15) is 17.6 Å². The number of hydrogen-bond donors (Lipinski definition) is 3. The number of aromatic nitrogens is 2. The van der Waals surface area contributed by atoms with Crippen molar-refractivity contribution >= 4 is 5.69 Å². The number of aromatic amines is 1. The molecule has 0 bridgehead atoms. The van der Waals surface area contributed by atoms with Crippen molar-refractivity contribution in [1.29, 1.82) is 0 Å². The Kier molecular flexibility index (Phi) is 6.74. The third kappa shape index (κ3) is 5.59. The number of nitrogens with zero attached hydrogens (tertiary/aromatic N) is 1. The summed E-state index contributed by atoms with van der Waals surface area (Å²) in [5, 5.41) is 12.9. The number of rotatable bonds is 8. The van der Waals surface area contributed by atoms with Crippen LogP contribution in [0.4, 0.5) is 23.2 Å². The topological polar surface area (TPSA) is 52.7 Å². The molecule has 1 heterocycles. The lowest BCUT2D eigenvalue weighted by atomic mass is 9.99. The van der Waals surface area contributed by atoms with Crippen LogP contribution in [0.3, 0.4) is 0 Å². The van der Waals surface area contributed by atoms with Crippen LogP contribution in [-0.4, -0.2) is 23.3 Å². The molecule has 0 unspecified atom stereocenters. The zero-order valence-electron chi connectivity index (χ0n) is 17.6. The predicted octanol–water partition coefficient (Wildman–Crippen LogP) is 6.10. The summed E-state index contributed by atoms with van der Waals surface area (Å²) in [6.45, 7) is 1.48. The molecule has 0 radical (unpaired) electrons. The van der Waals surface area contributed by atoms with Crippen LogP contribution >= 0.6 is 0 Å². The zero-order chi connectivity index (χ0) is 23.3. The molecule has 0 saturated heterocycles. The molecule has 0 saturated carbocycles. The second-order valence-corrected chi connectivity index (χ2v) is 7.51. The van der Waals surface area contributed by atoms with Crippen LogP contribution < -0.4 is 10.6 Å². The van der Waals surface area contributed by atoms with Gasteiger partial charge in [-0.25, -0.2) is 4.39 Å². The molecule has 170 valence electrons. The Balaban J connectivity index is 1.50. The van der Waals surface area contributed by atoms with E-state index >= 15 is 0 Å². The summed E-state index contributed by atoms with van der Waals surface area (Å²) in [5.41, 5.74) is 2.38. The maximum absolute atomic E-state index is 13.8. The third-order valence-corrected chi connectivity index (χ3v) is 5.20. The van der Waals surface area contributed by atoms with Gasteiger partial charge in [-0.2, -0.15) is 18.3 Å². The summed E-state index contributed by atoms with van der Waals surface area (Å²) in [7, 11) is 0. The van der Waals surface area contributed by atoms with Gasteiger partial charge in [0, 0.05) is 36.4 Å². The van der Waals surface area contributed by atoms with Crippen molar-refractivity contribution in [3.05, 3.63) is 95.9 Å². The average Bonchev–Trinajstić information content (AvgIpc) is 3.29. The zero-order valence-corrected chi connectivity index (χ0v) is 17.6. The highest BCUT2D eigenvalue weighted by Crippen LogP contribution is 2.39. The third-order valence-electron chi connectivity index (χ3n) is 5.20. The maximum atomic E-state index is 13.8. The van der Waals surface area contributed by atoms with Crippen molar-refractivity contribution < 1.29 is 17.6 Å². The summed E-state index contributed by atoms with van der Waals surface area (Å²) in [6, 6.07) is 19.6. The number of hydrogen-bond acceptors (Lipinski definition) is 3. The van der Waals surface area contributed by atoms with E-state index in [-0.39, 0.29) is 5.69 Å². The van der Waals surface area contributed by atoms with Crippen LogP contribution in [0.5, 0.6) is 0 Å². The second-order valence-electron chi connectivity index (χ2n) is 7.51. The quantitative estimate of drug-likeness (QED) is 0.223. The molecule has 0 aliphatic rings. The Hall–Kier alpha value is -3.65. The number of halogens is 4. The van der Waals surface area contributed by atoms with Crippen molar-refractivity contribution in [2.24, 2.45) is 0 Å². The lowest BCUT2D eigenvalue weighted by Crippen LogP contribution is -2.22. The first kappa shape index (κ1) is 22.5. The van der Waals surface area contributed by atoms with Crippen molar-refractivity contribution in [2.75, 3.05) is 18.4 Å². The number of anilines is 1. The molecule has 3 N–H and O–H groups in total. The van der Waals surface area contributed by atoms with Gasteiger partial charge in [0.1, 0.15) is 5.82 Å². The van der Waals surface area contributed by atoms with Crippen LogP contribution in [0.1, 0.15) is 11.1 Å². The highest BCUT2D eigenvalue weighted by atomic mass is 19.4. The second kappa shape index (κ2) is 9.87. The van der Waals surface area contributed by atoms with E-state index in [1.54, 1.807) is 18.2 Å². The molecule has 0 amide bonds. The first-order valence-electron chi connectivity index (χ1n) is 10.4. The molecule has 1 aromatic heterocycles. The first-order chi connectivity index (χ1) is 15.9. The molecule has 0 spiro atoms. The molecule has 0 atom stereocenters. The fourth-order valence-corrected chi connectivity index (χ4v) is 3.56. The lowest BCUT2D eigenvalue weighted by Gasteiger charge is -2.16. The van der Waals surface area contributed by atoms with Gasteiger partial charge >= 0.3 is 6.18 Å². The lowest BCUT2D eigenvalue weighted by molar-refractivity contribution is -0.136. The van der Waals surface area contributed by atoms with Crippen LogP contribution in [-0.2, 0) is 12.7 Å². The number of benzene rings is 3. The Bertz CT molecular complexity index is 1190. The molecular formula is C25H22F4N4. The van der Waals surface area contributed by atoms with E-state index in [2.05, 4.69) is 20.8 Å². The minimum atomic E-state index is -4.53. The molecule has 33 heavy (non-hydrogen) atoms. The Morgan fingerprint density at radius 2 is 1.58 bits per heavy atom. The van der Waals surface area contributed by atoms with Gasteiger partial charge in [-0.05, 0) is 47.5 Å². The number of nitrogens with one attached hydrogen (secondary N) is 3. The minimum absolute atomic E-state index is 0.0135. The number of H-pyrrole nitrogens is 1. The van der Waals surface area contributed by atoms with Crippen LogP contribution in [0.15, 0.2) is 79.0 Å². The Morgan fingerprint density at radius 1 is 0.848 bits per heavy atom. The smallest absolute Gasteiger partial charge is 0.383 e. The molecule has 3 aromatic carbocycles. The van der Waals surface area contributed by atoms with E-state index in [0.717, 1.165) is 11.6 Å². The first-order valence-corrected chi connectivity index (χ1v) is 10.4. The molecule has 4 rings (SSSR count). The highest BCUT2D eigenvalue weighted by Gasteiger charge is 2.34. The van der Waals surface area contributed by atoms with Gasteiger partial charge in [0.05, 0.1) is 17.5 Å². The summed E-state index contributed by atoms with van der Waals surface area (Å²) < 4.78 is 54.7. The Morgan fingerprint density at radius 3 is 2.30 bits per heavy atom. The van der Waals surface area contributed by atoms with Crippen molar-refractivity contribution in [1.82, 2.24) is 15.5 Å². The molecule has 0 fully saturated rings. The molecule has 4 nitrogen and oxygen atoms in total. The monoisotopic (exact) mass is 454 g/mol. The predicted molar refractivity (Wildman–Crippen MR) is 121 cm³/mol. The molecule has 4 aromatic rings. The van der Waals surface area contributed by atoms with Crippen molar-refractivity contribution in [3.8, 4) is 22.4 Å². The van der Waals surface area contributed by atoms with Gasteiger partial charge in [-0.1, -0.05) is 36.4 Å². The number of alkyl halides is 3. The molecular weight excluding hydrogens is 432 g/mol. The van der Waals surface area contributed by atoms with Gasteiger partial charge in [0.2, 0.25) is 0 Å². The fraction of sp³-hybridized carbons (Fsp3) is 0.160. The van der Waals surface area contributed by atoms with Crippen molar-refractivity contribution in [3.63, 3.8) is 0 Å². The van der Waals surface area contributed by atoms with Gasteiger partial charge in [0.25, 0.3) is 0 Å². The van der Waals surface area contributed by atoms with E-state index in [4.69, 9.17) is 0 Å². The highest BCUT2D eigenvalue weighted by molar-refractivity contribution is 5.81. The summed E-state index contributed by atoms with van der Waals surface area (Å²) in [5.74, 6) is -0.396. The van der Waals surface area contributed by atoms with Crippen LogP contribution in [0.2, 0.25) is 0 Å². The van der Waals surface area contributed by atoms with E-state index in [1.165, 1.54) is 24.4 Å². The maximum Gasteiger partial charge on any atom is 0.418 e. The standard InChI is InChI=1S/C25H22F4N4/c26-20-9-6-18(7-10-20)24-21(16-32-33-24)19-8-11-23(22(14-19)25(27,28)29)31-13-12-30-15-17-4-2-1-3-5-17/h1-11,14,16,30-31H,12-13,15H2,(H,32,33). The van der Waals surface area contributed by atoms with Gasteiger partial charge in [0.15, 0.2) is 0 Å². The summed E-state index contributed by atoms with van der Waals surface area (Å²) in [6.07, 6.45) is -3.07. The van der Waals surface area contributed by atoms with Crippen molar-refractivity contribution in [2.45, 2.75) is 12.7 Å². The SMILES string of the molecule is Fc1ccc(-c2[nH]ncc2-c2ccc(NCCNCc3ccccc3)c(C(F)(F)F)c2)cc1. The van der Waals surface area contributed by atoms with Gasteiger partial charge in [-0.3, -0.25) is 5.10 Å². The summed E-state index contributed by atoms with van der Waals surface area (Å²) >= 11 is 0. The van der Waals surface area contributed by atoms with Gasteiger partial charge in [-0.15, -0.1) is 0 Å². The van der Waals surface area contributed by atoms with E-state index in [0.29, 0.717) is 42.0 Å². The van der Waals surface area contributed by atoms with Crippen LogP contribution in [0.25, 0.3) is 22.4 Å². The van der Waals surface area contributed by atoms with E-state index < -0.39 is 17.6 Å². The van der Waals surface area contributed by atoms with Gasteiger partial charge < -0.3 is 10.6 Å². The average molecular weight is 454 g/mol. The molecule has 0 aliphatic heterocycles. The Labute approximate surface area is 188 Å².